The Morgan fingerprint density at radius 2 is 1.76 bits per heavy atom. The minimum Gasteiger partial charge on any atom is -0.491 e. The van der Waals surface area contributed by atoms with E-state index in [4.69, 9.17) is 9.47 Å². The van der Waals surface area contributed by atoms with Crippen molar-refractivity contribution in [1.82, 2.24) is 9.47 Å². The van der Waals surface area contributed by atoms with E-state index in [2.05, 4.69) is 11.0 Å². The van der Waals surface area contributed by atoms with Gasteiger partial charge in [0.2, 0.25) is 0 Å². The zero-order chi connectivity index (χ0) is 29.3. The van der Waals surface area contributed by atoms with Crippen LogP contribution in [0.5, 0.6) is 5.75 Å². The number of rotatable bonds is 9. The van der Waals surface area contributed by atoms with E-state index in [9.17, 15) is 18.4 Å². The molecule has 218 valence electrons. The summed E-state index contributed by atoms with van der Waals surface area (Å²) in [5.74, 6) is -0.574. The second kappa shape index (κ2) is 12.1. The number of methoxy groups -OCH3 is 1. The first kappa shape index (κ1) is 29.0. The normalized spacial score (nSPS) is 16.3. The lowest BCUT2D eigenvalue weighted by Crippen LogP contribution is -2.38. The zero-order valence-electron chi connectivity index (χ0n) is 24.2. The average Bonchev–Trinajstić information content (AvgIpc) is 3.79. The maximum atomic E-state index is 14.9. The molecule has 1 aliphatic carbocycles. The number of nitrogens with zero attached hydrogens (tertiary/aromatic N) is 2. The Hall–Kier alpha value is -3.52. The highest BCUT2D eigenvalue weighted by atomic mass is 19.1. The topological polar surface area (TPSA) is 60.8 Å². The summed E-state index contributed by atoms with van der Waals surface area (Å²) in [5, 5.41) is 0. The summed E-state index contributed by atoms with van der Waals surface area (Å²) in [7, 11) is 1.32. The number of halogens is 2. The molecule has 2 fully saturated rings. The van der Waals surface area contributed by atoms with Crippen LogP contribution in [0.3, 0.4) is 0 Å². The average molecular weight is 565 g/mol. The molecule has 0 unspecified atom stereocenters. The summed E-state index contributed by atoms with van der Waals surface area (Å²) in [4.78, 5) is 27.7. The van der Waals surface area contributed by atoms with Gasteiger partial charge in [0.25, 0.3) is 5.56 Å². The fraction of sp³-hybridized carbons (Fsp3) is 0.455. The monoisotopic (exact) mass is 564 g/mol. The van der Waals surface area contributed by atoms with Crippen molar-refractivity contribution in [2.45, 2.75) is 77.5 Å². The van der Waals surface area contributed by atoms with E-state index in [0.717, 1.165) is 61.5 Å². The summed E-state index contributed by atoms with van der Waals surface area (Å²) in [6.45, 7) is 8.08. The van der Waals surface area contributed by atoms with Crippen molar-refractivity contribution in [2.24, 2.45) is 0 Å². The van der Waals surface area contributed by atoms with Crippen LogP contribution < -0.4 is 10.3 Å². The van der Waals surface area contributed by atoms with E-state index in [-0.39, 0.29) is 17.7 Å². The maximum absolute atomic E-state index is 14.9. The number of carbonyl (C=O) groups is 1. The number of pyridine rings is 1. The van der Waals surface area contributed by atoms with Crippen molar-refractivity contribution in [3.8, 4) is 16.9 Å². The van der Waals surface area contributed by atoms with Crippen LogP contribution in [0.4, 0.5) is 8.78 Å². The molecule has 0 amide bonds. The molecule has 2 aromatic carbocycles. The van der Waals surface area contributed by atoms with Gasteiger partial charge >= 0.3 is 5.97 Å². The minimum absolute atomic E-state index is 0.0491. The Morgan fingerprint density at radius 1 is 1.02 bits per heavy atom. The Bertz CT molecular complexity index is 1490. The molecule has 41 heavy (non-hydrogen) atoms. The molecule has 0 atom stereocenters. The summed E-state index contributed by atoms with van der Waals surface area (Å²) < 4.78 is 41.4. The number of ether oxygens (including phenoxy) is 2. The first-order valence-electron chi connectivity index (χ1n) is 14.5. The van der Waals surface area contributed by atoms with Gasteiger partial charge in [-0.05, 0) is 93.3 Å². The third-order valence-electron chi connectivity index (χ3n) is 8.16. The molecule has 1 saturated carbocycles. The van der Waals surface area contributed by atoms with E-state index in [1.54, 1.807) is 16.8 Å². The van der Waals surface area contributed by atoms with Crippen LogP contribution in [0.2, 0.25) is 0 Å². The van der Waals surface area contributed by atoms with Crippen LogP contribution >= 0.6 is 0 Å². The maximum Gasteiger partial charge on any atom is 0.338 e. The predicted molar refractivity (Wildman–Crippen MR) is 155 cm³/mol. The quantitative estimate of drug-likeness (QED) is 0.273. The number of likely N-dealkylation sites (tertiary alicyclic amines) is 1. The van der Waals surface area contributed by atoms with Crippen LogP contribution in [0.25, 0.3) is 11.1 Å². The van der Waals surface area contributed by atoms with E-state index < -0.39 is 17.6 Å². The van der Waals surface area contributed by atoms with Crippen molar-refractivity contribution in [2.75, 3.05) is 20.2 Å². The molecule has 0 N–H and O–H groups in total. The molecule has 3 aromatic rings. The summed E-state index contributed by atoms with van der Waals surface area (Å²) >= 11 is 0. The number of carbonyl (C=O) groups excluding carboxylic acids is 1. The van der Waals surface area contributed by atoms with Crippen LogP contribution in [-0.4, -0.2) is 41.7 Å². The number of piperidine rings is 1. The summed E-state index contributed by atoms with van der Waals surface area (Å²) in [6.07, 6.45) is 5.82. The smallest absolute Gasteiger partial charge is 0.338 e. The molecule has 1 aromatic heterocycles. The van der Waals surface area contributed by atoms with Crippen molar-refractivity contribution >= 4 is 5.97 Å². The second-order valence-electron chi connectivity index (χ2n) is 11.4. The second-order valence-corrected chi connectivity index (χ2v) is 11.4. The van der Waals surface area contributed by atoms with Crippen LogP contribution in [0, 0.1) is 11.6 Å². The van der Waals surface area contributed by atoms with E-state index >= 15 is 0 Å². The third-order valence-corrected chi connectivity index (χ3v) is 8.16. The largest absolute Gasteiger partial charge is 0.491 e. The highest BCUT2D eigenvalue weighted by Gasteiger charge is 2.30. The Balaban J connectivity index is 1.38. The van der Waals surface area contributed by atoms with E-state index in [1.165, 1.54) is 19.2 Å². The zero-order valence-corrected chi connectivity index (χ0v) is 24.2. The van der Waals surface area contributed by atoms with Gasteiger partial charge in [0.15, 0.2) is 0 Å². The molecular weight excluding hydrogens is 526 g/mol. The number of benzene rings is 2. The van der Waals surface area contributed by atoms with Crippen LogP contribution in [-0.2, 0) is 17.7 Å². The Labute approximate surface area is 239 Å². The van der Waals surface area contributed by atoms with Gasteiger partial charge in [-0.3, -0.25) is 9.69 Å². The minimum atomic E-state index is -0.592. The molecule has 0 radical (unpaired) electrons. The molecule has 0 bridgehead atoms. The van der Waals surface area contributed by atoms with Gasteiger partial charge in [-0.15, -0.1) is 0 Å². The highest BCUT2D eigenvalue weighted by molar-refractivity contribution is 5.90. The Morgan fingerprint density at radius 3 is 2.37 bits per heavy atom. The third kappa shape index (κ3) is 6.22. The van der Waals surface area contributed by atoms with E-state index in [0.29, 0.717) is 41.3 Å². The van der Waals surface area contributed by atoms with Gasteiger partial charge in [0.1, 0.15) is 17.4 Å². The van der Waals surface area contributed by atoms with Crippen molar-refractivity contribution in [1.29, 1.82) is 0 Å². The molecule has 1 aliphatic heterocycles. The summed E-state index contributed by atoms with van der Waals surface area (Å²) in [5.41, 5.74) is 4.00. The first-order chi connectivity index (χ1) is 19.7. The molecule has 5 rings (SSSR count). The van der Waals surface area contributed by atoms with Gasteiger partial charge < -0.3 is 14.0 Å². The van der Waals surface area contributed by atoms with Crippen molar-refractivity contribution in [3.63, 3.8) is 0 Å². The van der Waals surface area contributed by atoms with Crippen LogP contribution in [0.15, 0.2) is 47.4 Å². The Kier molecular flexibility index (Phi) is 8.59. The SMILES string of the molecule is CCc1c(C(=O)OC)ccn(C2CCN(Cc3cc(C4CC4)c(-c4ccc(F)cc4F)cc3OC(C)C)CC2)c1=O. The molecule has 2 heterocycles. The molecule has 8 heteroatoms. The standard InChI is InChI=1S/C33H38F2N2O4/c1-5-25-27(33(39)40-4)12-15-37(32(25)38)24-10-13-36(14-11-24)19-22-16-28(21-6-7-21)29(18-31(22)41-20(2)3)26-9-8-23(34)17-30(26)35/h8-9,12,15-18,20-21,24H,5-7,10-11,13-14,19H2,1-4H3. The molecule has 2 aliphatic rings. The van der Waals surface area contributed by atoms with Gasteiger partial charge in [-0.2, -0.15) is 0 Å². The fourth-order valence-corrected chi connectivity index (χ4v) is 5.93. The highest BCUT2D eigenvalue weighted by Crippen LogP contribution is 2.47. The number of hydrogen-bond donors (Lipinski definition) is 0. The van der Waals surface area contributed by atoms with Gasteiger partial charge in [-0.25, -0.2) is 13.6 Å². The van der Waals surface area contributed by atoms with E-state index in [1.807, 2.05) is 26.8 Å². The molecule has 0 spiro atoms. The molecule has 1 saturated heterocycles. The fourth-order valence-electron chi connectivity index (χ4n) is 5.93. The number of hydrogen-bond acceptors (Lipinski definition) is 5. The molecule has 6 nitrogen and oxygen atoms in total. The number of esters is 1. The van der Waals surface area contributed by atoms with Gasteiger partial charge in [0, 0.05) is 54.6 Å². The van der Waals surface area contributed by atoms with Gasteiger partial charge in [-0.1, -0.05) is 6.92 Å². The lowest BCUT2D eigenvalue weighted by molar-refractivity contribution is 0.0598. The first-order valence-corrected chi connectivity index (χ1v) is 14.5. The van der Waals surface area contributed by atoms with Crippen LogP contribution in [0.1, 0.15) is 85.5 Å². The lowest BCUT2D eigenvalue weighted by Gasteiger charge is -2.34. The van der Waals surface area contributed by atoms with Crippen molar-refractivity contribution in [3.05, 3.63) is 86.8 Å². The predicted octanol–water partition coefficient (Wildman–Crippen LogP) is 6.64. The lowest BCUT2D eigenvalue weighted by atomic mass is 9.93. The molecular formula is C33H38F2N2O4. The number of aromatic nitrogens is 1. The van der Waals surface area contributed by atoms with Gasteiger partial charge in [0.05, 0.1) is 18.8 Å². The van der Waals surface area contributed by atoms with Crippen molar-refractivity contribution < 1.29 is 23.0 Å². The summed E-state index contributed by atoms with van der Waals surface area (Å²) in [6, 6.07) is 9.58.